The number of benzene rings is 2. The van der Waals surface area contributed by atoms with E-state index in [1.807, 2.05) is 0 Å². The number of rotatable bonds is 5. The Kier molecular flexibility index (Phi) is 4.68. The minimum Gasteiger partial charge on any atom is -0.493 e. The maximum Gasteiger partial charge on any atom is 0.272 e. The van der Waals surface area contributed by atoms with Crippen LogP contribution >= 0.6 is 15.9 Å². The van der Waals surface area contributed by atoms with Gasteiger partial charge in [-0.25, -0.2) is 4.39 Å². The molecular weight excluding hydrogens is 329 g/mol. The molecule has 0 saturated carbocycles. The molecule has 4 nitrogen and oxygen atoms in total. The molecule has 20 heavy (non-hydrogen) atoms. The van der Waals surface area contributed by atoms with Gasteiger partial charge < -0.3 is 4.74 Å². The van der Waals surface area contributed by atoms with Gasteiger partial charge in [-0.15, -0.1) is 0 Å². The summed E-state index contributed by atoms with van der Waals surface area (Å²) >= 11 is 3.05. The molecule has 0 aliphatic heterocycles. The van der Waals surface area contributed by atoms with Crippen LogP contribution in [0.2, 0.25) is 0 Å². The van der Waals surface area contributed by atoms with E-state index in [1.165, 1.54) is 12.1 Å². The Balaban J connectivity index is 1.99. The highest BCUT2D eigenvalue weighted by Crippen LogP contribution is 2.22. The lowest BCUT2D eigenvalue weighted by atomic mass is 10.1. The number of nitrogens with zero attached hydrogens (tertiary/aromatic N) is 1. The van der Waals surface area contributed by atoms with Crippen LogP contribution in [0.5, 0.6) is 5.75 Å². The summed E-state index contributed by atoms with van der Waals surface area (Å²) < 4.78 is 19.0. The predicted octanol–water partition coefficient (Wildman–Crippen LogP) is 4.12. The quantitative estimate of drug-likeness (QED) is 0.608. The Morgan fingerprint density at radius 2 is 2.00 bits per heavy atom. The standard InChI is InChI=1S/C14H11BrFNO3/c15-12-6-5-11(9-13(12)16)20-8-7-10-3-1-2-4-14(10)17(18)19/h1-6,9H,7-8H2. The molecule has 0 amide bonds. The van der Waals surface area contributed by atoms with Crippen molar-refractivity contribution in [1.82, 2.24) is 0 Å². The number of para-hydroxylation sites is 1. The highest BCUT2D eigenvalue weighted by Gasteiger charge is 2.12. The van der Waals surface area contributed by atoms with E-state index in [4.69, 9.17) is 4.74 Å². The lowest BCUT2D eigenvalue weighted by molar-refractivity contribution is -0.385. The van der Waals surface area contributed by atoms with Gasteiger partial charge in [-0.2, -0.15) is 0 Å². The SMILES string of the molecule is O=[N+]([O-])c1ccccc1CCOc1ccc(Br)c(F)c1. The lowest BCUT2D eigenvalue weighted by Gasteiger charge is -2.07. The van der Waals surface area contributed by atoms with Crippen LogP contribution in [0.4, 0.5) is 10.1 Å². The van der Waals surface area contributed by atoms with Gasteiger partial charge >= 0.3 is 0 Å². The van der Waals surface area contributed by atoms with Gasteiger partial charge in [0, 0.05) is 24.1 Å². The van der Waals surface area contributed by atoms with Crippen molar-refractivity contribution in [3.63, 3.8) is 0 Å². The molecular formula is C14H11BrFNO3. The fourth-order valence-electron chi connectivity index (χ4n) is 1.75. The predicted molar refractivity (Wildman–Crippen MR) is 76.4 cm³/mol. The van der Waals surface area contributed by atoms with Gasteiger partial charge in [-0.1, -0.05) is 18.2 Å². The van der Waals surface area contributed by atoms with E-state index in [9.17, 15) is 14.5 Å². The molecule has 104 valence electrons. The average molecular weight is 340 g/mol. The van der Waals surface area contributed by atoms with Gasteiger partial charge in [0.05, 0.1) is 16.0 Å². The Labute approximate surface area is 123 Å². The molecule has 0 spiro atoms. The summed E-state index contributed by atoms with van der Waals surface area (Å²) in [5.74, 6) is -0.0162. The summed E-state index contributed by atoms with van der Waals surface area (Å²) in [7, 11) is 0. The van der Waals surface area contributed by atoms with Crippen LogP contribution in [0.1, 0.15) is 5.56 Å². The molecule has 2 rings (SSSR count). The molecule has 0 bridgehead atoms. The first-order chi connectivity index (χ1) is 9.58. The molecule has 0 heterocycles. The van der Waals surface area contributed by atoms with Gasteiger partial charge in [0.15, 0.2) is 0 Å². The minimum atomic E-state index is -0.422. The monoisotopic (exact) mass is 339 g/mol. The van der Waals surface area contributed by atoms with E-state index in [1.54, 1.807) is 30.3 Å². The fraction of sp³-hybridized carbons (Fsp3) is 0.143. The van der Waals surface area contributed by atoms with Crippen molar-refractivity contribution >= 4 is 21.6 Å². The third-order valence-corrected chi connectivity index (χ3v) is 3.36. The number of nitro groups is 1. The second-order valence-corrected chi connectivity index (χ2v) is 4.91. The molecule has 0 fully saturated rings. The van der Waals surface area contributed by atoms with Crippen molar-refractivity contribution in [3.05, 3.63) is 68.4 Å². The summed E-state index contributed by atoms with van der Waals surface area (Å²) in [6.07, 6.45) is 0.384. The molecule has 0 radical (unpaired) electrons. The van der Waals surface area contributed by atoms with Crippen LogP contribution in [0.15, 0.2) is 46.9 Å². The molecule has 0 unspecified atom stereocenters. The number of hydrogen-bond donors (Lipinski definition) is 0. The second kappa shape index (κ2) is 6.47. The van der Waals surface area contributed by atoms with Crippen LogP contribution in [-0.2, 0) is 6.42 Å². The zero-order valence-electron chi connectivity index (χ0n) is 10.4. The molecule has 0 saturated heterocycles. The summed E-state index contributed by atoms with van der Waals surface area (Å²) in [6, 6.07) is 10.9. The summed E-state index contributed by atoms with van der Waals surface area (Å²) in [6.45, 7) is 0.242. The fourth-order valence-corrected chi connectivity index (χ4v) is 1.99. The van der Waals surface area contributed by atoms with Crippen molar-refractivity contribution < 1.29 is 14.1 Å². The molecule has 0 aliphatic rings. The summed E-state index contributed by atoms with van der Waals surface area (Å²) in [4.78, 5) is 10.4. The van der Waals surface area contributed by atoms with Crippen LogP contribution in [0.25, 0.3) is 0 Å². The smallest absolute Gasteiger partial charge is 0.272 e. The topological polar surface area (TPSA) is 52.4 Å². The molecule has 0 N–H and O–H groups in total. The lowest BCUT2D eigenvalue weighted by Crippen LogP contribution is -2.04. The Morgan fingerprint density at radius 1 is 1.25 bits per heavy atom. The number of nitro benzene ring substituents is 1. The van der Waals surface area contributed by atoms with Crippen LogP contribution in [0.3, 0.4) is 0 Å². The number of halogens is 2. The zero-order valence-corrected chi connectivity index (χ0v) is 12.0. The van der Waals surface area contributed by atoms with Gasteiger partial charge in [-0.3, -0.25) is 10.1 Å². The van der Waals surface area contributed by atoms with E-state index in [0.717, 1.165) is 0 Å². The highest BCUT2D eigenvalue weighted by molar-refractivity contribution is 9.10. The molecule has 0 aliphatic carbocycles. The van der Waals surface area contributed by atoms with Gasteiger partial charge in [0.1, 0.15) is 11.6 Å². The van der Waals surface area contributed by atoms with Gasteiger partial charge in [0.2, 0.25) is 0 Å². The summed E-state index contributed by atoms with van der Waals surface area (Å²) in [5, 5.41) is 10.8. The van der Waals surface area contributed by atoms with E-state index >= 15 is 0 Å². The third-order valence-electron chi connectivity index (χ3n) is 2.72. The number of ether oxygens (including phenoxy) is 1. The molecule has 6 heteroatoms. The normalized spacial score (nSPS) is 10.3. The van der Waals surface area contributed by atoms with Crippen LogP contribution < -0.4 is 4.74 Å². The molecule has 0 aromatic heterocycles. The van der Waals surface area contributed by atoms with E-state index in [2.05, 4.69) is 15.9 Å². The van der Waals surface area contributed by atoms with Crippen molar-refractivity contribution in [1.29, 1.82) is 0 Å². The first-order valence-corrected chi connectivity index (χ1v) is 6.67. The second-order valence-electron chi connectivity index (χ2n) is 4.06. The van der Waals surface area contributed by atoms with E-state index < -0.39 is 10.7 Å². The Hall–Kier alpha value is -1.95. The van der Waals surface area contributed by atoms with Gasteiger partial charge in [-0.05, 0) is 28.1 Å². The third kappa shape index (κ3) is 3.54. The van der Waals surface area contributed by atoms with Gasteiger partial charge in [0.25, 0.3) is 5.69 Å². The summed E-state index contributed by atoms with van der Waals surface area (Å²) in [5.41, 5.74) is 0.660. The van der Waals surface area contributed by atoms with E-state index in [0.29, 0.717) is 22.2 Å². The maximum atomic E-state index is 13.3. The molecule has 0 atom stereocenters. The molecule has 2 aromatic carbocycles. The maximum absolute atomic E-state index is 13.3. The van der Waals surface area contributed by atoms with Crippen molar-refractivity contribution in [2.45, 2.75) is 6.42 Å². The van der Waals surface area contributed by atoms with Crippen LogP contribution in [-0.4, -0.2) is 11.5 Å². The number of hydrogen-bond acceptors (Lipinski definition) is 3. The van der Waals surface area contributed by atoms with E-state index in [-0.39, 0.29) is 12.3 Å². The Morgan fingerprint density at radius 3 is 2.70 bits per heavy atom. The average Bonchev–Trinajstić information content (AvgIpc) is 2.43. The zero-order chi connectivity index (χ0) is 14.5. The first-order valence-electron chi connectivity index (χ1n) is 5.88. The highest BCUT2D eigenvalue weighted by atomic mass is 79.9. The minimum absolute atomic E-state index is 0.0677. The molecule has 2 aromatic rings. The van der Waals surface area contributed by atoms with Crippen LogP contribution in [0, 0.1) is 15.9 Å². The first kappa shape index (κ1) is 14.5. The Bertz CT molecular complexity index is 634. The van der Waals surface area contributed by atoms with Crippen molar-refractivity contribution in [3.8, 4) is 5.75 Å². The van der Waals surface area contributed by atoms with Crippen molar-refractivity contribution in [2.24, 2.45) is 0 Å². The largest absolute Gasteiger partial charge is 0.493 e. The van der Waals surface area contributed by atoms with Crippen molar-refractivity contribution in [2.75, 3.05) is 6.61 Å².